The molecule has 2 heterocycles. The Hall–Kier alpha value is -2.79. The van der Waals surface area contributed by atoms with Gasteiger partial charge in [0, 0.05) is 12.1 Å². The monoisotopic (exact) mass is 351 g/mol. The van der Waals surface area contributed by atoms with Crippen LogP contribution < -0.4 is 14.8 Å². The molecule has 2 aromatic carbocycles. The highest BCUT2D eigenvalue weighted by Gasteiger charge is 2.16. The fraction of sp³-hybridized carbons (Fsp3) is 0.150. The number of ether oxygens (including phenoxy) is 2. The molecule has 0 aliphatic carbocycles. The van der Waals surface area contributed by atoms with Gasteiger partial charge in [0.25, 0.3) is 5.91 Å². The summed E-state index contributed by atoms with van der Waals surface area (Å²) in [5.74, 6) is 1.40. The van der Waals surface area contributed by atoms with Crippen LogP contribution in [0.1, 0.15) is 20.8 Å². The summed E-state index contributed by atoms with van der Waals surface area (Å²) in [6, 6.07) is 15.9. The van der Waals surface area contributed by atoms with Crippen LogP contribution in [0.25, 0.3) is 11.1 Å². The van der Waals surface area contributed by atoms with E-state index in [2.05, 4.69) is 24.4 Å². The maximum absolute atomic E-state index is 12.6. The number of thiophene rings is 1. The van der Waals surface area contributed by atoms with E-state index in [-0.39, 0.29) is 12.7 Å². The van der Waals surface area contributed by atoms with Crippen molar-refractivity contribution in [1.29, 1.82) is 0 Å². The van der Waals surface area contributed by atoms with Gasteiger partial charge in [-0.1, -0.05) is 35.9 Å². The first-order valence-corrected chi connectivity index (χ1v) is 8.90. The third-order valence-corrected chi connectivity index (χ3v) is 5.04. The molecule has 1 aliphatic heterocycles. The maximum Gasteiger partial charge on any atom is 0.262 e. The van der Waals surface area contributed by atoms with Gasteiger partial charge in [0.1, 0.15) is 0 Å². The second-order valence-corrected chi connectivity index (χ2v) is 6.82. The molecule has 4 nitrogen and oxygen atoms in total. The molecule has 1 aromatic heterocycles. The van der Waals surface area contributed by atoms with Crippen molar-refractivity contribution in [2.45, 2.75) is 13.5 Å². The fourth-order valence-corrected chi connectivity index (χ4v) is 3.59. The third kappa shape index (κ3) is 3.23. The molecular weight excluding hydrogens is 334 g/mol. The van der Waals surface area contributed by atoms with Gasteiger partial charge in [0.2, 0.25) is 6.79 Å². The number of rotatable bonds is 4. The second-order valence-electron chi connectivity index (χ2n) is 5.90. The van der Waals surface area contributed by atoms with Gasteiger partial charge in [-0.2, -0.15) is 0 Å². The Kier molecular flexibility index (Phi) is 4.15. The molecule has 0 atom stereocenters. The van der Waals surface area contributed by atoms with Crippen molar-refractivity contribution in [3.8, 4) is 22.6 Å². The number of fused-ring (bicyclic) bond motifs is 1. The van der Waals surface area contributed by atoms with E-state index in [4.69, 9.17) is 9.47 Å². The van der Waals surface area contributed by atoms with Gasteiger partial charge in [-0.25, -0.2) is 0 Å². The Morgan fingerprint density at radius 3 is 2.72 bits per heavy atom. The third-order valence-electron chi connectivity index (χ3n) is 4.12. The lowest BCUT2D eigenvalue weighted by molar-refractivity contribution is 0.0955. The second kappa shape index (κ2) is 6.61. The number of benzene rings is 2. The minimum atomic E-state index is -0.0664. The molecule has 0 saturated heterocycles. The first-order valence-electron chi connectivity index (χ1n) is 8.02. The van der Waals surface area contributed by atoms with E-state index in [1.54, 1.807) is 0 Å². The summed E-state index contributed by atoms with van der Waals surface area (Å²) >= 11 is 1.46. The van der Waals surface area contributed by atoms with Crippen LogP contribution in [0.3, 0.4) is 0 Å². The molecular formula is C20H17NO3S. The normalized spacial score (nSPS) is 12.2. The molecule has 0 unspecified atom stereocenters. The van der Waals surface area contributed by atoms with E-state index in [0.29, 0.717) is 6.54 Å². The molecule has 0 fully saturated rings. The zero-order valence-corrected chi connectivity index (χ0v) is 14.6. The molecule has 0 saturated carbocycles. The van der Waals surface area contributed by atoms with E-state index >= 15 is 0 Å². The quantitative estimate of drug-likeness (QED) is 0.759. The highest BCUT2D eigenvalue weighted by Crippen LogP contribution is 2.32. The summed E-state index contributed by atoms with van der Waals surface area (Å²) < 4.78 is 10.7. The Morgan fingerprint density at radius 2 is 1.88 bits per heavy atom. The van der Waals surface area contributed by atoms with Gasteiger partial charge in [0.15, 0.2) is 11.5 Å². The van der Waals surface area contributed by atoms with Crippen LogP contribution in [0.4, 0.5) is 0 Å². The number of hydrogen-bond donors (Lipinski definition) is 1. The van der Waals surface area contributed by atoms with Crippen molar-refractivity contribution in [3.05, 3.63) is 69.9 Å². The number of carbonyl (C=O) groups is 1. The highest BCUT2D eigenvalue weighted by atomic mass is 32.1. The Labute approximate surface area is 150 Å². The minimum Gasteiger partial charge on any atom is -0.454 e. The lowest BCUT2D eigenvalue weighted by Gasteiger charge is -2.07. The predicted octanol–water partition coefficient (Wildman–Crippen LogP) is 4.38. The van der Waals surface area contributed by atoms with Crippen LogP contribution in [-0.2, 0) is 6.54 Å². The molecule has 1 amide bonds. The van der Waals surface area contributed by atoms with Crippen molar-refractivity contribution in [1.82, 2.24) is 5.32 Å². The minimum absolute atomic E-state index is 0.0664. The molecule has 4 rings (SSSR count). The zero-order chi connectivity index (χ0) is 17.2. The van der Waals surface area contributed by atoms with E-state index in [1.165, 1.54) is 16.9 Å². The first-order chi connectivity index (χ1) is 12.2. The van der Waals surface area contributed by atoms with Crippen molar-refractivity contribution in [2.75, 3.05) is 6.79 Å². The van der Waals surface area contributed by atoms with E-state index in [0.717, 1.165) is 33.1 Å². The van der Waals surface area contributed by atoms with Crippen LogP contribution in [0, 0.1) is 6.92 Å². The summed E-state index contributed by atoms with van der Waals surface area (Å²) in [7, 11) is 0. The summed E-state index contributed by atoms with van der Waals surface area (Å²) in [5, 5.41) is 4.94. The van der Waals surface area contributed by atoms with Gasteiger partial charge < -0.3 is 14.8 Å². The Balaban J connectivity index is 1.49. The van der Waals surface area contributed by atoms with E-state index in [9.17, 15) is 4.79 Å². The number of hydrogen-bond acceptors (Lipinski definition) is 4. The number of carbonyl (C=O) groups excluding carboxylic acids is 1. The molecule has 3 aromatic rings. The molecule has 0 radical (unpaired) electrons. The van der Waals surface area contributed by atoms with Crippen molar-refractivity contribution in [2.24, 2.45) is 0 Å². The first kappa shape index (κ1) is 15.7. The van der Waals surface area contributed by atoms with Crippen molar-refractivity contribution in [3.63, 3.8) is 0 Å². The molecule has 1 N–H and O–H groups in total. The maximum atomic E-state index is 12.6. The van der Waals surface area contributed by atoms with Crippen molar-refractivity contribution >= 4 is 17.2 Å². The average molecular weight is 351 g/mol. The molecule has 25 heavy (non-hydrogen) atoms. The van der Waals surface area contributed by atoms with Crippen LogP contribution in [-0.4, -0.2) is 12.7 Å². The summed E-state index contributed by atoms with van der Waals surface area (Å²) in [6.07, 6.45) is 0. The Morgan fingerprint density at radius 1 is 1.08 bits per heavy atom. The lowest BCUT2D eigenvalue weighted by atomic mass is 10.0. The van der Waals surface area contributed by atoms with Crippen molar-refractivity contribution < 1.29 is 14.3 Å². The van der Waals surface area contributed by atoms with Crippen LogP contribution in [0.5, 0.6) is 11.5 Å². The standard InChI is InChI=1S/C20H17NO3S/c1-13-2-5-15(6-3-13)16-8-9-25-19(16)20(22)21-11-14-4-7-17-18(10-14)24-12-23-17/h2-10H,11-12H2,1H3,(H,21,22). The highest BCUT2D eigenvalue weighted by molar-refractivity contribution is 7.12. The van der Waals surface area contributed by atoms with Gasteiger partial charge in [-0.15, -0.1) is 11.3 Å². The smallest absolute Gasteiger partial charge is 0.262 e. The van der Waals surface area contributed by atoms with Crippen LogP contribution in [0.2, 0.25) is 0 Å². The van der Waals surface area contributed by atoms with Gasteiger partial charge in [-0.05, 0) is 41.6 Å². The van der Waals surface area contributed by atoms with Gasteiger partial charge in [-0.3, -0.25) is 4.79 Å². The summed E-state index contributed by atoms with van der Waals surface area (Å²) in [4.78, 5) is 13.3. The molecule has 0 spiro atoms. The predicted molar refractivity (Wildman–Crippen MR) is 98.2 cm³/mol. The Bertz CT molecular complexity index is 915. The number of aryl methyl sites for hydroxylation is 1. The van der Waals surface area contributed by atoms with E-state index < -0.39 is 0 Å². The average Bonchev–Trinajstić information content (AvgIpc) is 3.29. The fourth-order valence-electron chi connectivity index (χ4n) is 2.76. The lowest BCUT2D eigenvalue weighted by Crippen LogP contribution is -2.22. The van der Waals surface area contributed by atoms with Gasteiger partial charge in [0.05, 0.1) is 4.88 Å². The summed E-state index contributed by atoms with van der Waals surface area (Å²) in [5.41, 5.74) is 4.20. The molecule has 0 bridgehead atoms. The van der Waals surface area contributed by atoms with Crippen LogP contribution >= 0.6 is 11.3 Å². The number of amides is 1. The molecule has 1 aliphatic rings. The summed E-state index contributed by atoms with van der Waals surface area (Å²) in [6.45, 7) is 2.75. The SMILES string of the molecule is Cc1ccc(-c2ccsc2C(=O)NCc2ccc3c(c2)OCO3)cc1. The van der Waals surface area contributed by atoms with Gasteiger partial charge >= 0.3 is 0 Å². The topological polar surface area (TPSA) is 47.6 Å². The number of nitrogens with one attached hydrogen (secondary N) is 1. The molecule has 126 valence electrons. The van der Waals surface area contributed by atoms with E-state index in [1.807, 2.05) is 41.8 Å². The van der Waals surface area contributed by atoms with Crippen LogP contribution in [0.15, 0.2) is 53.9 Å². The largest absolute Gasteiger partial charge is 0.454 e. The zero-order valence-electron chi connectivity index (χ0n) is 13.7. The molecule has 5 heteroatoms.